The Morgan fingerprint density at radius 1 is 1.25 bits per heavy atom. The highest BCUT2D eigenvalue weighted by Gasteiger charge is 2.22. The third-order valence-corrected chi connectivity index (χ3v) is 3.49. The summed E-state index contributed by atoms with van der Waals surface area (Å²) in [6, 6.07) is 2.40. The molecule has 0 radical (unpaired) electrons. The van der Waals surface area contributed by atoms with E-state index in [2.05, 4.69) is 11.9 Å². The molecule has 0 fully saturated rings. The van der Waals surface area contributed by atoms with Gasteiger partial charge in [0.25, 0.3) is 0 Å². The van der Waals surface area contributed by atoms with Crippen LogP contribution in [0.2, 0.25) is 0 Å². The van der Waals surface area contributed by atoms with Gasteiger partial charge in [0.2, 0.25) is 0 Å². The zero-order valence-electron chi connectivity index (χ0n) is 9.11. The average molecular weight is 221 g/mol. The lowest BCUT2D eigenvalue weighted by Gasteiger charge is -2.17. The molecule has 1 aromatic carbocycles. The fourth-order valence-electron chi connectivity index (χ4n) is 2.64. The van der Waals surface area contributed by atoms with E-state index in [9.17, 15) is 8.78 Å². The zero-order valence-corrected chi connectivity index (χ0v) is 9.11. The van der Waals surface area contributed by atoms with Crippen LogP contribution in [0.4, 0.5) is 8.78 Å². The molecule has 0 spiro atoms. The Labute approximate surface area is 92.5 Å². The average Bonchev–Trinajstić information content (AvgIpc) is 2.63. The highest BCUT2D eigenvalue weighted by atomic mass is 19.1. The highest BCUT2D eigenvalue weighted by Crippen LogP contribution is 2.33. The molecular weight excluding hydrogens is 208 g/mol. The normalized spacial score (nSPS) is 20.1. The topological polar surface area (TPSA) is 15.8 Å². The van der Waals surface area contributed by atoms with Crippen molar-refractivity contribution in [1.82, 2.24) is 4.98 Å². The van der Waals surface area contributed by atoms with Crippen molar-refractivity contribution < 1.29 is 8.78 Å². The van der Waals surface area contributed by atoms with Crippen LogP contribution >= 0.6 is 0 Å². The van der Waals surface area contributed by atoms with Gasteiger partial charge in [-0.1, -0.05) is 6.92 Å². The molecule has 0 saturated heterocycles. The lowest BCUT2D eigenvalue weighted by atomic mass is 9.88. The van der Waals surface area contributed by atoms with Gasteiger partial charge < -0.3 is 4.98 Å². The second-order valence-corrected chi connectivity index (χ2v) is 4.71. The standard InChI is InChI=1S/C13H13F2N/c1-7-2-3-8-11(6-7)16-13-10(15)5-4-9(14)12(8)13/h4-5,7,16H,2-3,6H2,1H3/t7-/m0/s1. The Kier molecular flexibility index (Phi) is 2.03. The van der Waals surface area contributed by atoms with Gasteiger partial charge in [-0.3, -0.25) is 0 Å². The third-order valence-electron chi connectivity index (χ3n) is 3.49. The van der Waals surface area contributed by atoms with Crippen molar-refractivity contribution in [2.45, 2.75) is 26.2 Å². The largest absolute Gasteiger partial charge is 0.356 e. The molecule has 1 N–H and O–H groups in total. The van der Waals surface area contributed by atoms with Crippen LogP contribution in [0.1, 0.15) is 24.6 Å². The molecule has 84 valence electrons. The van der Waals surface area contributed by atoms with Crippen LogP contribution in [-0.4, -0.2) is 4.98 Å². The minimum absolute atomic E-state index is 0.316. The van der Waals surface area contributed by atoms with Crippen molar-refractivity contribution in [2.24, 2.45) is 5.92 Å². The Hall–Kier alpha value is -1.38. The number of nitrogens with one attached hydrogen (secondary N) is 1. The molecule has 0 saturated carbocycles. The molecule has 1 nitrogen and oxygen atoms in total. The summed E-state index contributed by atoms with van der Waals surface area (Å²) in [4.78, 5) is 3.04. The van der Waals surface area contributed by atoms with E-state index >= 15 is 0 Å². The van der Waals surface area contributed by atoms with E-state index in [-0.39, 0.29) is 11.6 Å². The van der Waals surface area contributed by atoms with Crippen LogP contribution < -0.4 is 0 Å². The second kappa shape index (κ2) is 3.30. The van der Waals surface area contributed by atoms with Crippen LogP contribution in [0.3, 0.4) is 0 Å². The predicted octanol–water partition coefficient (Wildman–Crippen LogP) is 3.57. The molecule has 0 bridgehead atoms. The monoisotopic (exact) mass is 221 g/mol. The van der Waals surface area contributed by atoms with E-state index in [4.69, 9.17) is 0 Å². The number of aryl methyl sites for hydroxylation is 1. The lowest BCUT2D eigenvalue weighted by molar-refractivity contribution is 0.497. The molecule has 0 amide bonds. The summed E-state index contributed by atoms with van der Waals surface area (Å²) >= 11 is 0. The van der Waals surface area contributed by atoms with Crippen molar-refractivity contribution >= 4 is 10.9 Å². The number of H-pyrrole nitrogens is 1. The number of hydrogen-bond donors (Lipinski definition) is 1. The van der Waals surface area contributed by atoms with Crippen LogP contribution in [0.5, 0.6) is 0 Å². The molecule has 1 aliphatic rings. The van der Waals surface area contributed by atoms with Gasteiger partial charge >= 0.3 is 0 Å². The van der Waals surface area contributed by atoms with E-state index in [1.165, 1.54) is 12.1 Å². The van der Waals surface area contributed by atoms with Gasteiger partial charge in [-0.05, 0) is 42.9 Å². The summed E-state index contributed by atoms with van der Waals surface area (Å²) in [5.41, 5.74) is 2.32. The molecule has 1 aliphatic carbocycles. The molecule has 2 aromatic rings. The number of aromatic nitrogens is 1. The number of rotatable bonds is 0. The van der Waals surface area contributed by atoms with Crippen LogP contribution in [-0.2, 0) is 12.8 Å². The summed E-state index contributed by atoms with van der Waals surface area (Å²) in [6.07, 6.45) is 2.79. The first-order chi connectivity index (χ1) is 7.66. The highest BCUT2D eigenvalue weighted by molar-refractivity contribution is 5.86. The van der Waals surface area contributed by atoms with E-state index in [0.717, 1.165) is 30.5 Å². The van der Waals surface area contributed by atoms with E-state index in [1.807, 2.05) is 0 Å². The number of benzene rings is 1. The second-order valence-electron chi connectivity index (χ2n) is 4.71. The summed E-state index contributed by atoms with van der Waals surface area (Å²) in [5, 5.41) is 0.460. The van der Waals surface area contributed by atoms with Crippen LogP contribution in [0.15, 0.2) is 12.1 Å². The van der Waals surface area contributed by atoms with Gasteiger partial charge in [-0.15, -0.1) is 0 Å². The minimum Gasteiger partial charge on any atom is -0.356 e. The molecule has 0 unspecified atom stereocenters. The fourth-order valence-corrected chi connectivity index (χ4v) is 2.64. The molecule has 3 rings (SSSR count). The van der Waals surface area contributed by atoms with Crippen molar-refractivity contribution in [3.05, 3.63) is 35.0 Å². The van der Waals surface area contributed by atoms with Crippen LogP contribution in [0, 0.1) is 17.6 Å². The zero-order chi connectivity index (χ0) is 11.3. The SMILES string of the molecule is C[C@H]1CCc2c([nH]c3c(F)ccc(F)c23)C1. The predicted molar refractivity (Wildman–Crippen MR) is 59.4 cm³/mol. The van der Waals surface area contributed by atoms with Crippen molar-refractivity contribution in [1.29, 1.82) is 0 Å². The molecular formula is C13H13F2N. The van der Waals surface area contributed by atoms with Gasteiger partial charge in [-0.2, -0.15) is 0 Å². The Morgan fingerprint density at radius 3 is 2.81 bits per heavy atom. The molecule has 1 aromatic heterocycles. The Bertz CT molecular complexity index is 557. The number of aromatic amines is 1. The Balaban J connectivity index is 2.33. The Morgan fingerprint density at radius 2 is 2.00 bits per heavy atom. The van der Waals surface area contributed by atoms with Gasteiger partial charge in [0, 0.05) is 11.1 Å². The van der Waals surface area contributed by atoms with Crippen LogP contribution in [0.25, 0.3) is 10.9 Å². The first-order valence-corrected chi connectivity index (χ1v) is 5.64. The van der Waals surface area contributed by atoms with Crippen molar-refractivity contribution in [3.63, 3.8) is 0 Å². The van der Waals surface area contributed by atoms with Gasteiger partial charge in [0.15, 0.2) is 0 Å². The quantitative estimate of drug-likeness (QED) is 0.700. The molecule has 3 heteroatoms. The summed E-state index contributed by atoms with van der Waals surface area (Å²) in [7, 11) is 0. The summed E-state index contributed by atoms with van der Waals surface area (Å²) < 4.78 is 27.2. The maximum atomic E-state index is 13.7. The summed E-state index contributed by atoms with van der Waals surface area (Å²) in [6.45, 7) is 2.17. The molecule has 0 aliphatic heterocycles. The van der Waals surface area contributed by atoms with E-state index < -0.39 is 0 Å². The van der Waals surface area contributed by atoms with Crippen molar-refractivity contribution in [3.8, 4) is 0 Å². The maximum Gasteiger partial charge on any atom is 0.147 e. The van der Waals surface area contributed by atoms with Gasteiger partial charge in [-0.25, -0.2) is 8.78 Å². The minimum atomic E-state index is -0.363. The fraction of sp³-hybridized carbons (Fsp3) is 0.385. The molecule has 16 heavy (non-hydrogen) atoms. The number of fused-ring (bicyclic) bond motifs is 3. The van der Waals surface area contributed by atoms with E-state index in [0.29, 0.717) is 16.8 Å². The molecule has 1 atom stereocenters. The van der Waals surface area contributed by atoms with Gasteiger partial charge in [0.05, 0.1) is 5.52 Å². The number of halogens is 2. The lowest BCUT2D eigenvalue weighted by Crippen LogP contribution is -2.10. The summed E-state index contributed by atoms with van der Waals surface area (Å²) in [5.74, 6) is -0.0893. The third kappa shape index (κ3) is 1.27. The van der Waals surface area contributed by atoms with Crippen molar-refractivity contribution in [2.75, 3.05) is 0 Å². The van der Waals surface area contributed by atoms with E-state index in [1.54, 1.807) is 0 Å². The first-order valence-electron chi connectivity index (χ1n) is 5.64. The maximum absolute atomic E-state index is 13.7. The molecule has 1 heterocycles. The number of hydrogen-bond acceptors (Lipinski definition) is 0. The van der Waals surface area contributed by atoms with Gasteiger partial charge in [0.1, 0.15) is 11.6 Å². The first kappa shape index (κ1) is 9.82. The smallest absolute Gasteiger partial charge is 0.147 e.